The van der Waals surface area contributed by atoms with E-state index in [0.717, 1.165) is 30.6 Å². The van der Waals surface area contributed by atoms with Crippen LogP contribution < -0.4 is 11.1 Å². The molecule has 0 aromatic rings. The molecule has 1 fully saturated rings. The van der Waals surface area contributed by atoms with Gasteiger partial charge in [-0.05, 0) is 13.3 Å². The zero-order chi connectivity index (χ0) is 13.8. The fraction of sp³-hybridized carbons (Fsp3) is 0.750. The zero-order valence-corrected chi connectivity index (χ0v) is 11.0. The molecule has 0 spiro atoms. The lowest BCUT2D eigenvalue weighted by Crippen LogP contribution is -2.44. The lowest BCUT2D eigenvalue weighted by molar-refractivity contribution is -0.134. The van der Waals surface area contributed by atoms with Crippen LogP contribution in [0.4, 0.5) is 4.79 Å². The zero-order valence-electron chi connectivity index (χ0n) is 11.0. The molecule has 0 saturated carbocycles. The summed E-state index contributed by atoms with van der Waals surface area (Å²) in [5.74, 6) is -1.04. The van der Waals surface area contributed by atoms with Crippen LogP contribution in [0.5, 0.6) is 0 Å². The largest absolute Gasteiger partial charge is 0.368 e. The van der Waals surface area contributed by atoms with E-state index in [-0.39, 0.29) is 12.5 Å². The van der Waals surface area contributed by atoms with Gasteiger partial charge in [0.25, 0.3) is 5.91 Å². The summed E-state index contributed by atoms with van der Waals surface area (Å²) in [4.78, 5) is 35.4. The fourth-order valence-electron chi connectivity index (χ4n) is 2.12. The molecule has 1 aliphatic rings. The summed E-state index contributed by atoms with van der Waals surface area (Å²) < 4.78 is 0. The van der Waals surface area contributed by atoms with Crippen LogP contribution in [0.25, 0.3) is 0 Å². The number of hydrogen-bond donors (Lipinski definition) is 2. The Bertz CT molecular complexity index is 356. The Balaban J connectivity index is 2.59. The lowest BCUT2D eigenvalue weighted by Gasteiger charge is -2.21. The van der Waals surface area contributed by atoms with Gasteiger partial charge in [0.15, 0.2) is 0 Å². The fourth-order valence-corrected chi connectivity index (χ4v) is 2.12. The first-order valence-electron chi connectivity index (χ1n) is 6.33. The van der Waals surface area contributed by atoms with Crippen LogP contribution in [-0.4, -0.2) is 34.8 Å². The molecule has 3 N–H and O–H groups in total. The number of carbonyl (C=O) groups excluding carboxylic acids is 3. The molecule has 0 bridgehead atoms. The van der Waals surface area contributed by atoms with Crippen LogP contribution in [-0.2, 0) is 9.59 Å². The molecule has 0 aliphatic carbocycles. The topological polar surface area (TPSA) is 92.5 Å². The molecule has 18 heavy (non-hydrogen) atoms. The summed E-state index contributed by atoms with van der Waals surface area (Å²) in [6.07, 6.45) is 4.73. The number of unbranched alkanes of at least 4 members (excludes halogenated alkanes) is 3. The molecule has 4 amide bonds. The van der Waals surface area contributed by atoms with Crippen LogP contribution in [0.1, 0.15) is 46.0 Å². The molecule has 6 heteroatoms. The maximum absolute atomic E-state index is 12.1. The molecule has 1 saturated heterocycles. The van der Waals surface area contributed by atoms with Crippen LogP contribution in [0, 0.1) is 0 Å². The van der Waals surface area contributed by atoms with Gasteiger partial charge in [-0.25, -0.2) is 4.79 Å². The summed E-state index contributed by atoms with van der Waals surface area (Å²) in [5.41, 5.74) is 4.12. The Morgan fingerprint density at radius 2 is 2.00 bits per heavy atom. The number of amides is 4. The summed E-state index contributed by atoms with van der Waals surface area (Å²) >= 11 is 0. The highest BCUT2D eigenvalue weighted by molar-refractivity contribution is 6.08. The molecule has 1 aliphatic heterocycles. The van der Waals surface area contributed by atoms with E-state index in [1.807, 2.05) is 0 Å². The van der Waals surface area contributed by atoms with Crippen molar-refractivity contribution in [2.75, 3.05) is 6.54 Å². The van der Waals surface area contributed by atoms with Crippen molar-refractivity contribution >= 4 is 17.8 Å². The van der Waals surface area contributed by atoms with Gasteiger partial charge >= 0.3 is 6.03 Å². The van der Waals surface area contributed by atoms with Crippen molar-refractivity contribution in [2.24, 2.45) is 5.73 Å². The third-order valence-electron chi connectivity index (χ3n) is 3.19. The number of primary amides is 1. The molecule has 1 heterocycles. The molecule has 6 nitrogen and oxygen atoms in total. The van der Waals surface area contributed by atoms with Gasteiger partial charge in [-0.1, -0.05) is 32.6 Å². The minimum atomic E-state index is -0.889. The van der Waals surface area contributed by atoms with Crippen LogP contribution in [0.2, 0.25) is 0 Å². The first-order valence-corrected chi connectivity index (χ1v) is 6.33. The molecular formula is C12H21N3O3. The van der Waals surface area contributed by atoms with Crippen molar-refractivity contribution in [3.8, 4) is 0 Å². The first-order chi connectivity index (χ1) is 8.40. The maximum Gasteiger partial charge on any atom is 0.325 e. The highest BCUT2D eigenvalue weighted by Crippen LogP contribution is 2.23. The third kappa shape index (κ3) is 3.21. The number of hydrogen-bond acceptors (Lipinski definition) is 3. The molecule has 1 rings (SSSR count). The number of nitrogens with one attached hydrogen (secondary N) is 1. The molecule has 0 aromatic heterocycles. The van der Waals surface area contributed by atoms with E-state index in [1.165, 1.54) is 0 Å². The van der Waals surface area contributed by atoms with E-state index >= 15 is 0 Å². The van der Waals surface area contributed by atoms with Crippen molar-refractivity contribution < 1.29 is 14.4 Å². The van der Waals surface area contributed by atoms with Crippen LogP contribution in [0.3, 0.4) is 0 Å². The average Bonchev–Trinajstić information content (AvgIpc) is 2.49. The number of nitrogens with zero attached hydrogens (tertiary/aromatic N) is 1. The standard InChI is InChI=1S/C12H21N3O3/c1-3-4-5-6-7-12(2)10(17)15(8-9(13)16)11(18)14-12/h3-8H2,1-2H3,(H2,13,16)(H,14,18). The average molecular weight is 255 g/mol. The van der Waals surface area contributed by atoms with Gasteiger partial charge in [0.1, 0.15) is 12.1 Å². The van der Waals surface area contributed by atoms with Crippen molar-refractivity contribution in [3.05, 3.63) is 0 Å². The Morgan fingerprint density at radius 1 is 1.33 bits per heavy atom. The Labute approximate surface area is 107 Å². The van der Waals surface area contributed by atoms with Crippen molar-refractivity contribution in [3.63, 3.8) is 0 Å². The normalized spacial score (nSPS) is 23.3. The van der Waals surface area contributed by atoms with Gasteiger partial charge in [-0.2, -0.15) is 0 Å². The number of rotatable bonds is 7. The van der Waals surface area contributed by atoms with Crippen molar-refractivity contribution in [2.45, 2.75) is 51.5 Å². The van der Waals surface area contributed by atoms with E-state index in [2.05, 4.69) is 12.2 Å². The number of nitrogens with two attached hydrogens (primary N) is 1. The lowest BCUT2D eigenvalue weighted by atomic mass is 9.94. The number of imide groups is 1. The van der Waals surface area contributed by atoms with Crippen molar-refractivity contribution in [1.82, 2.24) is 10.2 Å². The van der Waals surface area contributed by atoms with Gasteiger partial charge in [-0.3, -0.25) is 14.5 Å². The summed E-state index contributed by atoms with van der Waals surface area (Å²) in [5, 5.41) is 2.64. The molecule has 102 valence electrons. The number of carbonyl (C=O) groups is 3. The monoisotopic (exact) mass is 255 g/mol. The molecule has 1 atom stereocenters. The van der Waals surface area contributed by atoms with Crippen LogP contribution in [0.15, 0.2) is 0 Å². The second kappa shape index (κ2) is 5.84. The van der Waals surface area contributed by atoms with Gasteiger partial charge in [0.2, 0.25) is 5.91 Å². The highest BCUT2D eigenvalue weighted by Gasteiger charge is 2.47. The van der Waals surface area contributed by atoms with Crippen LogP contribution >= 0.6 is 0 Å². The first kappa shape index (κ1) is 14.5. The van der Waals surface area contributed by atoms with Gasteiger partial charge in [-0.15, -0.1) is 0 Å². The van der Waals surface area contributed by atoms with E-state index < -0.39 is 17.5 Å². The molecule has 0 aromatic carbocycles. The van der Waals surface area contributed by atoms with Gasteiger partial charge < -0.3 is 11.1 Å². The SMILES string of the molecule is CCCCCCC1(C)NC(=O)N(CC(N)=O)C1=O. The van der Waals surface area contributed by atoms with E-state index in [0.29, 0.717) is 6.42 Å². The van der Waals surface area contributed by atoms with Crippen molar-refractivity contribution in [1.29, 1.82) is 0 Å². The quantitative estimate of drug-likeness (QED) is 0.519. The molecule has 0 radical (unpaired) electrons. The minimum Gasteiger partial charge on any atom is -0.368 e. The Morgan fingerprint density at radius 3 is 2.56 bits per heavy atom. The van der Waals surface area contributed by atoms with E-state index in [4.69, 9.17) is 5.73 Å². The predicted octanol–water partition coefficient (Wildman–Crippen LogP) is 0.753. The van der Waals surface area contributed by atoms with Gasteiger partial charge in [0, 0.05) is 0 Å². The summed E-state index contributed by atoms with van der Waals surface area (Å²) in [6.45, 7) is 3.45. The third-order valence-corrected chi connectivity index (χ3v) is 3.19. The predicted molar refractivity (Wildman–Crippen MR) is 66.6 cm³/mol. The second-order valence-corrected chi connectivity index (χ2v) is 4.93. The summed E-state index contributed by atoms with van der Waals surface area (Å²) in [7, 11) is 0. The van der Waals surface area contributed by atoms with E-state index in [9.17, 15) is 14.4 Å². The molecular weight excluding hydrogens is 234 g/mol. The minimum absolute atomic E-state index is 0.352. The molecule has 1 unspecified atom stereocenters. The maximum atomic E-state index is 12.1. The Kier molecular flexibility index (Phi) is 4.69. The second-order valence-electron chi connectivity index (χ2n) is 4.93. The highest BCUT2D eigenvalue weighted by atomic mass is 16.2. The van der Waals surface area contributed by atoms with Gasteiger partial charge in [0.05, 0.1) is 0 Å². The Hall–Kier alpha value is -1.59. The summed E-state index contributed by atoms with van der Waals surface area (Å²) in [6, 6.07) is -0.531. The number of urea groups is 1. The van der Waals surface area contributed by atoms with E-state index in [1.54, 1.807) is 6.92 Å². The smallest absolute Gasteiger partial charge is 0.325 e.